The zero-order chi connectivity index (χ0) is 28.0. The largest absolute Gasteiger partial charge is 0.456 e. The van der Waals surface area contributed by atoms with Gasteiger partial charge in [0.15, 0.2) is 11.4 Å². The SMILES string of the molecule is CCN(CC)c1ccc2c(c1)Oc1ccc(N(CC)c3ccc(C(C)=O)cc3)cc1C21OC(=O)c2ccccc21. The number of rotatable bonds is 7. The standard InChI is InChI=1S/C34H32N2O4/c1-5-35(6-2)25-16-18-29-32(21-25)39-31-19-17-26(36(7-3)24-14-12-23(13-15-24)22(4)37)20-30(31)34(29)28-11-9-8-10-27(28)33(38)40-34/h8-21H,5-7H2,1-4H3. The highest BCUT2D eigenvalue weighted by Crippen LogP contribution is 2.57. The van der Waals surface area contributed by atoms with Gasteiger partial charge in [-0.3, -0.25) is 4.79 Å². The van der Waals surface area contributed by atoms with Crippen LogP contribution in [0.15, 0.2) is 84.9 Å². The number of benzene rings is 4. The van der Waals surface area contributed by atoms with Crippen LogP contribution in [0.25, 0.3) is 0 Å². The third-order valence-electron chi connectivity index (χ3n) is 8.02. The molecule has 1 spiro atoms. The molecule has 202 valence electrons. The van der Waals surface area contributed by atoms with Crippen LogP contribution in [-0.2, 0) is 10.3 Å². The van der Waals surface area contributed by atoms with Crippen molar-refractivity contribution in [1.29, 1.82) is 0 Å². The van der Waals surface area contributed by atoms with E-state index in [0.717, 1.165) is 46.8 Å². The number of carbonyl (C=O) groups is 2. The van der Waals surface area contributed by atoms with E-state index in [1.54, 1.807) is 6.92 Å². The Kier molecular flexibility index (Phi) is 6.34. The fourth-order valence-corrected chi connectivity index (χ4v) is 5.99. The summed E-state index contributed by atoms with van der Waals surface area (Å²) in [6.45, 7) is 10.4. The molecule has 6 nitrogen and oxygen atoms in total. The molecule has 1 atom stereocenters. The third-order valence-corrected chi connectivity index (χ3v) is 8.02. The van der Waals surface area contributed by atoms with Crippen molar-refractivity contribution in [3.05, 3.63) is 113 Å². The van der Waals surface area contributed by atoms with Crippen molar-refractivity contribution in [2.45, 2.75) is 33.3 Å². The van der Waals surface area contributed by atoms with Crippen LogP contribution in [0.3, 0.4) is 0 Å². The molecule has 4 aromatic rings. The number of anilines is 3. The average Bonchev–Trinajstić information content (AvgIpc) is 3.27. The Hall–Kier alpha value is -4.58. The Morgan fingerprint density at radius 1 is 0.725 bits per heavy atom. The fraction of sp³-hybridized carbons (Fsp3) is 0.235. The van der Waals surface area contributed by atoms with Gasteiger partial charge in [0.2, 0.25) is 0 Å². The van der Waals surface area contributed by atoms with Crippen molar-refractivity contribution >= 4 is 28.8 Å². The Balaban J connectivity index is 1.54. The summed E-state index contributed by atoms with van der Waals surface area (Å²) >= 11 is 0. The highest BCUT2D eigenvalue weighted by Gasteiger charge is 2.53. The minimum Gasteiger partial charge on any atom is -0.456 e. The van der Waals surface area contributed by atoms with E-state index >= 15 is 0 Å². The summed E-state index contributed by atoms with van der Waals surface area (Å²) in [7, 11) is 0. The molecule has 4 aromatic carbocycles. The van der Waals surface area contributed by atoms with E-state index in [4.69, 9.17) is 9.47 Å². The van der Waals surface area contributed by atoms with Gasteiger partial charge in [0.1, 0.15) is 11.5 Å². The molecule has 0 aromatic heterocycles. The monoisotopic (exact) mass is 532 g/mol. The van der Waals surface area contributed by atoms with E-state index < -0.39 is 5.60 Å². The lowest BCUT2D eigenvalue weighted by atomic mass is 9.77. The topological polar surface area (TPSA) is 59.1 Å². The lowest BCUT2D eigenvalue weighted by molar-refractivity contribution is 0.0224. The fourth-order valence-electron chi connectivity index (χ4n) is 5.99. The number of fused-ring (bicyclic) bond motifs is 6. The van der Waals surface area contributed by atoms with Gasteiger partial charge < -0.3 is 19.3 Å². The first-order valence-corrected chi connectivity index (χ1v) is 13.8. The molecular formula is C34H32N2O4. The summed E-state index contributed by atoms with van der Waals surface area (Å²) in [6.07, 6.45) is 0. The molecule has 6 rings (SSSR count). The van der Waals surface area contributed by atoms with E-state index in [-0.39, 0.29) is 11.8 Å². The number of esters is 1. The zero-order valence-corrected chi connectivity index (χ0v) is 23.2. The van der Waals surface area contributed by atoms with Crippen molar-refractivity contribution in [3.8, 4) is 11.5 Å². The molecule has 6 heteroatoms. The molecule has 0 saturated heterocycles. The third kappa shape index (κ3) is 3.86. The lowest BCUT2D eigenvalue weighted by Crippen LogP contribution is -2.33. The lowest BCUT2D eigenvalue weighted by Gasteiger charge is -2.38. The average molecular weight is 533 g/mol. The van der Waals surface area contributed by atoms with Crippen molar-refractivity contribution in [2.75, 3.05) is 29.4 Å². The van der Waals surface area contributed by atoms with E-state index in [0.29, 0.717) is 29.2 Å². The molecule has 0 radical (unpaired) electrons. The number of ether oxygens (including phenoxy) is 2. The van der Waals surface area contributed by atoms with Crippen molar-refractivity contribution < 1.29 is 19.1 Å². The quantitative estimate of drug-likeness (QED) is 0.182. The number of hydrogen-bond donors (Lipinski definition) is 0. The van der Waals surface area contributed by atoms with E-state index in [9.17, 15) is 9.59 Å². The number of hydrogen-bond acceptors (Lipinski definition) is 6. The molecule has 2 aliphatic rings. The molecule has 0 fully saturated rings. The molecule has 0 saturated carbocycles. The van der Waals surface area contributed by atoms with Crippen molar-refractivity contribution in [3.63, 3.8) is 0 Å². The zero-order valence-electron chi connectivity index (χ0n) is 23.2. The maximum absolute atomic E-state index is 13.3. The molecule has 0 amide bonds. The second kappa shape index (κ2) is 9.87. The Morgan fingerprint density at radius 2 is 1.43 bits per heavy atom. The Labute approximate surface area is 234 Å². The Morgan fingerprint density at radius 3 is 2.12 bits per heavy atom. The van der Waals surface area contributed by atoms with Crippen LogP contribution in [0, 0.1) is 0 Å². The van der Waals surface area contributed by atoms with Gasteiger partial charge in [0.05, 0.1) is 5.56 Å². The highest BCUT2D eigenvalue weighted by molar-refractivity contribution is 5.97. The highest BCUT2D eigenvalue weighted by atomic mass is 16.6. The number of Topliss-reactive ketones (excluding diaryl/α,β-unsaturated/α-hetero) is 1. The van der Waals surface area contributed by atoms with Crippen LogP contribution in [-0.4, -0.2) is 31.4 Å². The first-order chi connectivity index (χ1) is 19.4. The number of carbonyl (C=O) groups excluding carboxylic acids is 2. The maximum atomic E-state index is 13.3. The molecule has 0 bridgehead atoms. The van der Waals surface area contributed by atoms with E-state index in [1.165, 1.54) is 0 Å². The first-order valence-electron chi connectivity index (χ1n) is 13.8. The molecule has 2 aliphatic heterocycles. The summed E-state index contributed by atoms with van der Waals surface area (Å²) in [5.41, 5.74) is 5.46. The predicted molar refractivity (Wildman–Crippen MR) is 157 cm³/mol. The second-order valence-electron chi connectivity index (χ2n) is 10.1. The molecule has 0 aliphatic carbocycles. The summed E-state index contributed by atoms with van der Waals surface area (Å²) in [5.74, 6) is 1.02. The maximum Gasteiger partial charge on any atom is 0.340 e. The molecule has 40 heavy (non-hydrogen) atoms. The van der Waals surface area contributed by atoms with Gasteiger partial charge in [-0.15, -0.1) is 0 Å². The van der Waals surface area contributed by atoms with Crippen LogP contribution >= 0.6 is 0 Å². The van der Waals surface area contributed by atoms with Gasteiger partial charge in [-0.2, -0.15) is 0 Å². The summed E-state index contributed by atoms with van der Waals surface area (Å²) < 4.78 is 12.9. The second-order valence-corrected chi connectivity index (χ2v) is 10.1. The van der Waals surface area contributed by atoms with Crippen LogP contribution in [0.2, 0.25) is 0 Å². The van der Waals surface area contributed by atoms with Gasteiger partial charge in [0, 0.05) is 65.0 Å². The van der Waals surface area contributed by atoms with Crippen molar-refractivity contribution in [1.82, 2.24) is 0 Å². The van der Waals surface area contributed by atoms with Crippen LogP contribution in [0.4, 0.5) is 17.1 Å². The minimum absolute atomic E-state index is 0.0343. The smallest absolute Gasteiger partial charge is 0.340 e. The van der Waals surface area contributed by atoms with E-state index in [1.807, 2.05) is 72.8 Å². The van der Waals surface area contributed by atoms with Gasteiger partial charge >= 0.3 is 5.97 Å². The number of ketones is 1. The van der Waals surface area contributed by atoms with Gasteiger partial charge in [-0.25, -0.2) is 4.79 Å². The van der Waals surface area contributed by atoms with Crippen molar-refractivity contribution in [2.24, 2.45) is 0 Å². The summed E-state index contributed by atoms with van der Waals surface area (Å²) in [6, 6.07) is 27.4. The first kappa shape index (κ1) is 25.7. The summed E-state index contributed by atoms with van der Waals surface area (Å²) in [5, 5.41) is 0. The van der Waals surface area contributed by atoms with Gasteiger partial charge in [-0.05, 0) is 88.4 Å². The van der Waals surface area contributed by atoms with Crippen LogP contribution in [0.5, 0.6) is 11.5 Å². The normalized spacial score (nSPS) is 16.4. The molecule has 1 unspecified atom stereocenters. The minimum atomic E-state index is -1.13. The molecular weight excluding hydrogens is 500 g/mol. The van der Waals surface area contributed by atoms with Crippen LogP contribution in [0.1, 0.15) is 65.1 Å². The molecule has 0 N–H and O–H groups in total. The Bertz CT molecular complexity index is 1620. The summed E-state index contributed by atoms with van der Waals surface area (Å²) in [4.78, 5) is 29.5. The number of nitrogens with zero attached hydrogens (tertiary/aromatic N) is 2. The predicted octanol–water partition coefficient (Wildman–Crippen LogP) is 7.46. The van der Waals surface area contributed by atoms with Gasteiger partial charge in [-0.1, -0.05) is 18.2 Å². The van der Waals surface area contributed by atoms with E-state index in [2.05, 4.69) is 42.7 Å². The van der Waals surface area contributed by atoms with Gasteiger partial charge in [0.25, 0.3) is 0 Å². The van der Waals surface area contributed by atoms with Crippen LogP contribution < -0.4 is 14.5 Å². The molecule has 2 heterocycles.